The Hall–Kier alpha value is -4.64. The van der Waals surface area contributed by atoms with Crippen molar-refractivity contribution in [1.29, 1.82) is 0 Å². The first-order valence-electron chi connectivity index (χ1n) is 11.5. The zero-order valence-corrected chi connectivity index (χ0v) is 21.6. The van der Waals surface area contributed by atoms with E-state index in [1.165, 1.54) is 25.5 Å². The number of ether oxygens (including phenoxy) is 2. The van der Waals surface area contributed by atoms with Crippen molar-refractivity contribution in [3.05, 3.63) is 90.6 Å². The van der Waals surface area contributed by atoms with Crippen LogP contribution < -0.4 is 24.5 Å². The van der Waals surface area contributed by atoms with Crippen LogP contribution in [0.25, 0.3) is 5.57 Å². The van der Waals surface area contributed by atoms with Gasteiger partial charge in [0, 0.05) is 19.4 Å². The molecule has 2 aromatic carbocycles. The fourth-order valence-corrected chi connectivity index (χ4v) is 5.83. The first-order chi connectivity index (χ1) is 18.1. The number of aromatic nitrogens is 1. The number of hydrogen-bond acceptors (Lipinski definition) is 9. The molecular weight excluding hydrogens is 510 g/mol. The zero-order valence-electron chi connectivity index (χ0n) is 20.8. The monoisotopic (exact) mass is 531 g/mol. The standard InChI is InChI=1S/C27H21N3O7S/c1-13-20(26(35)36-4)22(16-9-11-17(12-10-16)37-15(3)32)30-25(34)23(38-27(30)28-13)21-18-7-5-6-8-19(18)29(14(2)31)24(21)33/h5-12,22H,1-4H3/b23-21-/t22-/m1/s1. The summed E-state index contributed by atoms with van der Waals surface area (Å²) in [6.45, 7) is 4.20. The highest BCUT2D eigenvalue weighted by Gasteiger charge is 2.38. The number of allylic oxidation sites excluding steroid dienone is 1. The lowest BCUT2D eigenvalue weighted by atomic mass is 9.96. The topological polar surface area (TPSA) is 124 Å². The van der Waals surface area contributed by atoms with Gasteiger partial charge in [-0.3, -0.25) is 23.7 Å². The van der Waals surface area contributed by atoms with E-state index in [4.69, 9.17) is 9.47 Å². The quantitative estimate of drug-likeness (QED) is 0.371. The van der Waals surface area contributed by atoms with Crippen molar-refractivity contribution in [3.63, 3.8) is 0 Å². The van der Waals surface area contributed by atoms with Gasteiger partial charge in [-0.2, -0.15) is 0 Å². The number of carbonyl (C=O) groups excluding carboxylic acids is 4. The maximum absolute atomic E-state index is 14.0. The number of fused-ring (bicyclic) bond motifs is 2. The Bertz CT molecular complexity index is 1760. The van der Waals surface area contributed by atoms with Crippen LogP contribution in [0.2, 0.25) is 0 Å². The van der Waals surface area contributed by atoms with Crippen LogP contribution in [0, 0.1) is 0 Å². The minimum atomic E-state index is -0.921. The van der Waals surface area contributed by atoms with Gasteiger partial charge in [-0.05, 0) is 30.7 Å². The normalized spacial score (nSPS) is 17.5. The lowest BCUT2D eigenvalue weighted by Gasteiger charge is -2.24. The second-order valence-electron chi connectivity index (χ2n) is 8.61. The molecule has 5 rings (SSSR count). The second-order valence-corrected chi connectivity index (χ2v) is 9.59. The molecule has 0 bridgehead atoms. The van der Waals surface area contributed by atoms with Gasteiger partial charge in [-0.1, -0.05) is 41.7 Å². The van der Waals surface area contributed by atoms with Crippen molar-refractivity contribution in [2.75, 3.05) is 12.0 Å². The lowest BCUT2D eigenvalue weighted by Crippen LogP contribution is -2.41. The number of esters is 2. The molecule has 0 spiro atoms. The van der Waals surface area contributed by atoms with Crippen molar-refractivity contribution >= 4 is 46.4 Å². The van der Waals surface area contributed by atoms with Crippen LogP contribution in [0.3, 0.4) is 0 Å². The van der Waals surface area contributed by atoms with Gasteiger partial charge in [0.2, 0.25) is 5.91 Å². The first kappa shape index (κ1) is 25.0. The Balaban J connectivity index is 1.79. The Morgan fingerprint density at radius 2 is 1.68 bits per heavy atom. The third-order valence-electron chi connectivity index (χ3n) is 6.23. The molecule has 1 aromatic heterocycles. The number of imide groups is 1. The van der Waals surface area contributed by atoms with Gasteiger partial charge in [0.05, 0.1) is 35.7 Å². The maximum atomic E-state index is 14.0. The molecule has 2 aliphatic rings. The fraction of sp³-hybridized carbons (Fsp3) is 0.185. The molecule has 192 valence electrons. The summed E-state index contributed by atoms with van der Waals surface area (Å²) in [6.07, 6.45) is 0. The first-order valence-corrected chi connectivity index (χ1v) is 12.3. The smallest absolute Gasteiger partial charge is 0.338 e. The Labute approximate surface area is 219 Å². The number of methoxy groups -OCH3 is 1. The summed E-state index contributed by atoms with van der Waals surface area (Å²) in [5.74, 6) is -1.92. The number of carbonyl (C=O) groups is 4. The summed E-state index contributed by atoms with van der Waals surface area (Å²) in [5, 5.41) is 0. The van der Waals surface area contributed by atoms with Gasteiger partial charge in [0.1, 0.15) is 10.3 Å². The number of para-hydroxylation sites is 1. The van der Waals surface area contributed by atoms with Crippen LogP contribution in [-0.2, 0) is 23.9 Å². The number of nitrogens with zero attached hydrogens (tertiary/aromatic N) is 3. The summed E-state index contributed by atoms with van der Waals surface area (Å²) in [6, 6.07) is 12.2. The van der Waals surface area contributed by atoms with Crippen LogP contribution in [0.4, 0.5) is 5.69 Å². The highest BCUT2D eigenvalue weighted by molar-refractivity contribution is 7.07. The van der Waals surface area contributed by atoms with E-state index in [0.717, 1.165) is 16.2 Å². The van der Waals surface area contributed by atoms with Crippen LogP contribution in [0.1, 0.15) is 37.9 Å². The van der Waals surface area contributed by atoms with E-state index in [0.29, 0.717) is 28.3 Å². The molecule has 1 atom stereocenters. The van der Waals surface area contributed by atoms with Crippen LogP contribution in [-0.4, -0.2) is 35.4 Å². The summed E-state index contributed by atoms with van der Waals surface area (Å²) in [4.78, 5) is 69.7. The van der Waals surface area contributed by atoms with Crippen molar-refractivity contribution in [1.82, 2.24) is 4.57 Å². The van der Waals surface area contributed by atoms with E-state index in [1.54, 1.807) is 55.5 Å². The molecule has 10 nitrogen and oxygen atoms in total. The molecule has 0 aliphatic carbocycles. The van der Waals surface area contributed by atoms with Crippen LogP contribution in [0.15, 0.2) is 69.6 Å². The van der Waals surface area contributed by atoms with Gasteiger partial charge in [-0.15, -0.1) is 0 Å². The van der Waals surface area contributed by atoms with Crippen molar-refractivity contribution in [2.24, 2.45) is 4.99 Å². The predicted molar refractivity (Wildman–Crippen MR) is 137 cm³/mol. The van der Waals surface area contributed by atoms with E-state index in [2.05, 4.69) is 4.99 Å². The van der Waals surface area contributed by atoms with E-state index >= 15 is 0 Å². The average Bonchev–Trinajstić information content (AvgIpc) is 3.35. The summed E-state index contributed by atoms with van der Waals surface area (Å²) in [5.41, 5.74) is 1.47. The molecular formula is C27H21N3O7S. The van der Waals surface area contributed by atoms with Gasteiger partial charge < -0.3 is 9.47 Å². The fourth-order valence-electron chi connectivity index (χ4n) is 4.69. The van der Waals surface area contributed by atoms with Gasteiger partial charge >= 0.3 is 11.9 Å². The average molecular weight is 532 g/mol. The number of hydrogen-bond donors (Lipinski definition) is 0. The largest absolute Gasteiger partial charge is 0.466 e. The van der Waals surface area contributed by atoms with Gasteiger partial charge in [0.25, 0.3) is 11.5 Å². The summed E-state index contributed by atoms with van der Waals surface area (Å²) < 4.78 is 11.6. The van der Waals surface area contributed by atoms with Crippen molar-refractivity contribution < 1.29 is 28.7 Å². The van der Waals surface area contributed by atoms with Crippen LogP contribution >= 0.6 is 11.3 Å². The number of rotatable bonds is 3. The maximum Gasteiger partial charge on any atom is 0.338 e. The number of anilines is 1. The third kappa shape index (κ3) is 3.88. The molecule has 2 aliphatic heterocycles. The molecule has 0 unspecified atom stereocenters. The molecule has 0 saturated heterocycles. The number of thiazole rings is 1. The molecule has 38 heavy (non-hydrogen) atoms. The number of amides is 2. The molecule has 3 aromatic rings. The molecule has 11 heteroatoms. The zero-order chi connectivity index (χ0) is 27.3. The molecule has 2 amide bonds. The minimum Gasteiger partial charge on any atom is -0.466 e. The van der Waals surface area contributed by atoms with E-state index in [9.17, 15) is 24.0 Å². The van der Waals surface area contributed by atoms with Crippen molar-refractivity contribution in [2.45, 2.75) is 26.8 Å². The lowest BCUT2D eigenvalue weighted by molar-refractivity contribution is -0.136. The molecule has 0 N–H and O–H groups in total. The van der Waals surface area contributed by atoms with E-state index in [-0.39, 0.29) is 20.5 Å². The summed E-state index contributed by atoms with van der Waals surface area (Å²) >= 11 is 1.01. The predicted octanol–water partition coefficient (Wildman–Crippen LogP) is 1.60. The highest BCUT2D eigenvalue weighted by Crippen LogP contribution is 2.36. The Kier molecular flexibility index (Phi) is 6.15. The third-order valence-corrected chi connectivity index (χ3v) is 7.29. The summed E-state index contributed by atoms with van der Waals surface area (Å²) in [7, 11) is 1.24. The molecule has 0 radical (unpaired) electrons. The minimum absolute atomic E-state index is 0.101. The van der Waals surface area contributed by atoms with E-state index < -0.39 is 35.4 Å². The molecule has 3 heterocycles. The number of benzene rings is 2. The van der Waals surface area contributed by atoms with E-state index in [1.807, 2.05) is 0 Å². The molecule has 0 fully saturated rings. The SMILES string of the molecule is COC(=O)C1=C(C)N=c2s/c(=C3\C(=O)N(C(C)=O)c4ccccc43)c(=O)n2[C@@H]1c1ccc(OC(C)=O)cc1. The van der Waals surface area contributed by atoms with Gasteiger partial charge in [0.15, 0.2) is 4.80 Å². The second kappa shape index (κ2) is 9.34. The van der Waals surface area contributed by atoms with Crippen LogP contribution in [0.5, 0.6) is 5.75 Å². The Morgan fingerprint density at radius 3 is 2.32 bits per heavy atom. The van der Waals surface area contributed by atoms with Gasteiger partial charge in [-0.25, -0.2) is 14.7 Å². The Morgan fingerprint density at radius 1 is 1.00 bits per heavy atom. The highest BCUT2D eigenvalue weighted by atomic mass is 32.1. The van der Waals surface area contributed by atoms with Crippen molar-refractivity contribution in [3.8, 4) is 5.75 Å². The molecule has 0 saturated carbocycles.